The summed E-state index contributed by atoms with van der Waals surface area (Å²) in [6, 6.07) is 18.9. The van der Waals surface area contributed by atoms with Crippen LogP contribution in [-0.4, -0.2) is 51.1 Å². The molecule has 1 atom stereocenters. The number of nitrogens with one attached hydrogen (secondary N) is 2. The first-order chi connectivity index (χ1) is 13.7. The summed E-state index contributed by atoms with van der Waals surface area (Å²) in [6.45, 7) is 3.30. The van der Waals surface area contributed by atoms with E-state index in [2.05, 4.69) is 44.8 Å². The lowest BCUT2D eigenvalue weighted by Gasteiger charge is -2.22. The van der Waals surface area contributed by atoms with Gasteiger partial charge in [0.25, 0.3) is 0 Å². The summed E-state index contributed by atoms with van der Waals surface area (Å²) < 4.78 is 0. The van der Waals surface area contributed by atoms with E-state index in [1.807, 2.05) is 35.2 Å². The monoisotopic (exact) mass is 505 g/mol. The van der Waals surface area contributed by atoms with Crippen molar-refractivity contribution in [3.05, 3.63) is 60.2 Å². The summed E-state index contributed by atoms with van der Waals surface area (Å²) in [5.41, 5.74) is 3.41. The highest BCUT2D eigenvalue weighted by Gasteiger charge is 2.26. The number of halogens is 1. The molecule has 0 spiro atoms. The van der Waals surface area contributed by atoms with Crippen molar-refractivity contribution in [3.63, 3.8) is 0 Å². The maximum absolute atomic E-state index is 12.3. The topological polar surface area (TPSA) is 60.0 Å². The summed E-state index contributed by atoms with van der Waals surface area (Å²) in [5, 5.41) is 6.87. The highest BCUT2D eigenvalue weighted by Crippen LogP contribution is 2.27. The molecular formula is C22H28IN5O. The number of aliphatic imine (C=N–C) groups is 1. The van der Waals surface area contributed by atoms with Crippen molar-refractivity contribution in [1.82, 2.24) is 10.6 Å². The zero-order chi connectivity index (χ0) is 19.3. The molecule has 1 fully saturated rings. The average Bonchev–Trinajstić information content (AvgIpc) is 3.32. The molecule has 2 aliphatic heterocycles. The van der Waals surface area contributed by atoms with Gasteiger partial charge in [0.05, 0.1) is 6.42 Å². The van der Waals surface area contributed by atoms with Crippen LogP contribution in [0.25, 0.3) is 0 Å². The molecule has 0 radical (unpaired) electrons. The number of guanidine groups is 1. The third-order valence-corrected chi connectivity index (χ3v) is 5.43. The van der Waals surface area contributed by atoms with Crippen LogP contribution in [0.5, 0.6) is 0 Å². The first kappa shape index (κ1) is 21.4. The van der Waals surface area contributed by atoms with Gasteiger partial charge >= 0.3 is 0 Å². The number of carbonyl (C=O) groups is 1. The molecule has 2 aromatic carbocycles. The second-order valence-electron chi connectivity index (χ2n) is 7.26. The summed E-state index contributed by atoms with van der Waals surface area (Å²) in [5.74, 6) is 0.958. The van der Waals surface area contributed by atoms with E-state index < -0.39 is 0 Å². The van der Waals surface area contributed by atoms with Gasteiger partial charge in [0, 0.05) is 50.6 Å². The molecule has 1 amide bonds. The molecule has 29 heavy (non-hydrogen) atoms. The minimum Gasteiger partial charge on any atom is -0.369 e. The molecular weight excluding hydrogens is 477 g/mol. The van der Waals surface area contributed by atoms with E-state index in [9.17, 15) is 4.79 Å². The van der Waals surface area contributed by atoms with Crippen molar-refractivity contribution in [2.75, 3.05) is 43.0 Å². The molecule has 2 aromatic rings. The van der Waals surface area contributed by atoms with Crippen LogP contribution >= 0.6 is 24.0 Å². The normalized spacial score (nSPS) is 18.4. The smallest absolute Gasteiger partial charge is 0.231 e. The third kappa shape index (κ3) is 5.01. The van der Waals surface area contributed by atoms with Crippen molar-refractivity contribution in [1.29, 1.82) is 0 Å². The highest BCUT2D eigenvalue weighted by atomic mass is 127. The number of fused-ring (bicyclic) bond motifs is 1. The maximum atomic E-state index is 12.3. The Bertz CT molecular complexity index is 857. The van der Waals surface area contributed by atoms with Crippen LogP contribution in [0.1, 0.15) is 12.0 Å². The number of hydrogen-bond donors (Lipinski definition) is 2. The van der Waals surface area contributed by atoms with Gasteiger partial charge in [-0.05, 0) is 30.2 Å². The molecule has 2 N–H and O–H groups in total. The Morgan fingerprint density at radius 1 is 1.14 bits per heavy atom. The van der Waals surface area contributed by atoms with Crippen LogP contribution in [0, 0.1) is 0 Å². The molecule has 0 aliphatic carbocycles. The first-order valence-corrected chi connectivity index (χ1v) is 9.90. The van der Waals surface area contributed by atoms with Gasteiger partial charge in [0.2, 0.25) is 5.91 Å². The summed E-state index contributed by atoms with van der Waals surface area (Å²) in [6.07, 6.45) is 1.58. The van der Waals surface area contributed by atoms with E-state index in [-0.39, 0.29) is 29.9 Å². The molecule has 1 saturated heterocycles. The van der Waals surface area contributed by atoms with Crippen molar-refractivity contribution < 1.29 is 4.79 Å². The van der Waals surface area contributed by atoms with Gasteiger partial charge in [-0.25, -0.2) is 0 Å². The first-order valence-electron chi connectivity index (χ1n) is 9.90. The Balaban J connectivity index is 0.00000240. The van der Waals surface area contributed by atoms with E-state index in [0.717, 1.165) is 36.7 Å². The third-order valence-electron chi connectivity index (χ3n) is 5.43. The summed E-state index contributed by atoms with van der Waals surface area (Å²) in [4.78, 5) is 20.9. The number of carbonyl (C=O) groups excluding carboxylic acids is 1. The Labute approximate surface area is 189 Å². The van der Waals surface area contributed by atoms with E-state index in [4.69, 9.17) is 0 Å². The van der Waals surface area contributed by atoms with Crippen LogP contribution in [0.15, 0.2) is 59.6 Å². The highest BCUT2D eigenvalue weighted by molar-refractivity contribution is 14.0. The summed E-state index contributed by atoms with van der Waals surface area (Å²) in [7, 11) is 1.79. The fraction of sp³-hybridized carbons (Fsp3) is 0.364. The van der Waals surface area contributed by atoms with Gasteiger partial charge in [-0.15, -0.1) is 24.0 Å². The fourth-order valence-electron chi connectivity index (χ4n) is 3.99. The number of rotatable bonds is 5. The average molecular weight is 505 g/mol. The minimum atomic E-state index is 0. The van der Waals surface area contributed by atoms with Gasteiger partial charge in [-0.3, -0.25) is 9.79 Å². The predicted molar refractivity (Wildman–Crippen MR) is 129 cm³/mol. The lowest BCUT2D eigenvalue weighted by molar-refractivity contribution is -0.117. The molecule has 1 unspecified atom stereocenters. The van der Waals surface area contributed by atoms with Gasteiger partial charge in [0.1, 0.15) is 0 Å². The number of benzene rings is 2. The molecule has 4 rings (SSSR count). The van der Waals surface area contributed by atoms with Gasteiger partial charge < -0.3 is 20.4 Å². The number of anilines is 2. The van der Waals surface area contributed by atoms with Crippen LogP contribution in [0.4, 0.5) is 11.4 Å². The van der Waals surface area contributed by atoms with E-state index in [1.54, 1.807) is 7.05 Å². The molecule has 6 nitrogen and oxygen atoms in total. The van der Waals surface area contributed by atoms with Gasteiger partial charge in [-0.2, -0.15) is 0 Å². The quantitative estimate of drug-likeness (QED) is 0.373. The van der Waals surface area contributed by atoms with Crippen molar-refractivity contribution in [3.8, 4) is 0 Å². The zero-order valence-corrected chi connectivity index (χ0v) is 19.0. The molecule has 154 valence electrons. The Morgan fingerprint density at radius 2 is 1.90 bits per heavy atom. The molecule has 2 aliphatic rings. The largest absolute Gasteiger partial charge is 0.369 e. The van der Waals surface area contributed by atoms with E-state index in [1.165, 1.54) is 5.69 Å². The maximum Gasteiger partial charge on any atom is 0.231 e. The Morgan fingerprint density at radius 3 is 2.69 bits per heavy atom. The number of para-hydroxylation sites is 2. The number of amides is 1. The lowest BCUT2D eigenvalue weighted by atomic mass is 10.2. The van der Waals surface area contributed by atoms with Crippen molar-refractivity contribution in [2.45, 2.75) is 18.9 Å². The Kier molecular flexibility index (Phi) is 7.35. The van der Waals surface area contributed by atoms with Gasteiger partial charge in [-0.1, -0.05) is 36.4 Å². The predicted octanol–water partition coefficient (Wildman–Crippen LogP) is 2.64. The minimum absolute atomic E-state index is 0. The second kappa shape index (κ2) is 9.96. The molecule has 0 aromatic heterocycles. The summed E-state index contributed by atoms with van der Waals surface area (Å²) >= 11 is 0. The van der Waals surface area contributed by atoms with Crippen LogP contribution in [-0.2, 0) is 11.2 Å². The van der Waals surface area contributed by atoms with Crippen LogP contribution < -0.4 is 20.4 Å². The Hall–Kier alpha value is -2.29. The molecule has 2 heterocycles. The van der Waals surface area contributed by atoms with E-state index >= 15 is 0 Å². The standard InChI is InChI=1S/C22H27N5O.HI/c1-23-22(25-18-11-13-26(16-18)19-8-3-2-4-9-19)24-12-14-27-20-10-6-5-7-17(20)15-21(27)28;/h2-10,18H,11-16H2,1H3,(H2,23,24,25);1H. The van der Waals surface area contributed by atoms with Gasteiger partial charge in [0.15, 0.2) is 5.96 Å². The number of nitrogens with zero attached hydrogens (tertiary/aromatic N) is 3. The van der Waals surface area contributed by atoms with Crippen molar-refractivity contribution in [2.24, 2.45) is 4.99 Å². The second-order valence-corrected chi connectivity index (χ2v) is 7.26. The zero-order valence-electron chi connectivity index (χ0n) is 16.7. The SMILES string of the molecule is CN=C(NCCN1C(=O)Cc2ccccc21)NC1CCN(c2ccccc2)C1.I. The van der Waals surface area contributed by atoms with E-state index in [0.29, 0.717) is 25.6 Å². The molecule has 7 heteroatoms. The van der Waals surface area contributed by atoms with Crippen LogP contribution in [0.2, 0.25) is 0 Å². The molecule has 0 saturated carbocycles. The molecule has 0 bridgehead atoms. The van der Waals surface area contributed by atoms with Crippen molar-refractivity contribution >= 4 is 47.2 Å². The lowest BCUT2D eigenvalue weighted by Crippen LogP contribution is -2.47. The van der Waals surface area contributed by atoms with Crippen LogP contribution in [0.3, 0.4) is 0 Å². The number of hydrogen-bond acceptors (Lipinski definition) is 3. The fourth-order valence-corrected chi connectivity index (χ4v) is 3.99.